The molecular weight excluding hydrogens is 308 g/mol. The van der Waals surface area contributed by atoms with Crippen molar-refractivity contribution in [1.82, 2.24) is 9.97 Å². The molecule has 5 heteroatoms. The van der Waals surface area contributed by atoms with E-state index in [0.717, 1.165) is 5.56 Å². The van der Waals surface area contributed by atoms with Gasteiger partial charge in [0.05, 0.1) is 5.69 Å². The molecule has 0 saturated carbocycles. The zero-order valence-electron chi connectivity index (χ0n) is 14.2. The molecule has 0 aliphatic rings. The predicted molar refractivity (Wildman–Crippen MR) is 93.2 cm³/mol. The normalized spacial score (nSPS) is 11.5. The highest BCUT2D eigenvalue weighted by atomic mass is 32.2. The highest BCUT2D eigenvalue weighted by Crippen LogP contribution is 2.28. The van der Waals surface area contributed by atoms with Crippen LogP contribution in [0.2, 0.25) is 0 Å². The zero-order chi connectivity index (χ0) is 17.2. The molecule has 1 heterocycles. The number of aromatic nitrogens is 2. The Morgan fingerprint density at radius 2 is 1.74 bits per heavy atom. The van der Waals surface area contributed by atoms with E-state index in [2.05, 4.69) is 55.0 Å². The number of hydrogen-bond donors (Lipinski definition) is 1. The molecule has 23 heavy (non-hydrogen) atoms. The number of aromatic carboxylic acids is 1. The molecule has 122 valence electrons. The maximum absolute atomic E-state index is 11.4. The second-order valence-corrected chi connectivity index (χ2v) is 7.54. The minimum atomic E-state index is -0.979. The van der Waals surface area contributed by atoms with Gasteiger partial charge in [-0.1, -0.05) is 45.0 Å². The SMILES string of the molecule is Cc1nc(C)c(C(=O)O)c(SCc2ccc(C(C)(C)C)cc2)n1. The summed E-state index contributed by atoms with van der Waals surface area (Å²) >= 11 is 1.44. The van der Waals surface area contributed by atoms with Gasteiger partial charge in [-0.05, 0) is 30.4 Å². The number of carboxylic acids is 1. The van der Waals surface area contributed by atoms with E-state index >= 15 is 0 Å². The van der Waals surface area contributed by atoms with Crippen LogP contribution in [0.5, 0.6) is 0 Å². The molecule has 1 aromatic carbocycles. The van der Waals surface area contributed by atoms with Crippen molar-refractivity contribution in [3.8, 4) is 0 Å². The van der Waals surface area contributed by atoms with Crippen LogP contribution in [0.4, 0.5) is 0 Å². The van der Waals surface area contributed by atoms with E-state index in [4.69, 9.17) is 0 Å². The summed E-state index contributed by atoms with van der Waals surface area (Å²) in [4.78, 5) is 19.9. The average molecular weight is 330 g/mol. The summed E-state index contributed by atoms with van der Waals surface area (Å²) in [6.45, 7) is 10.0. The summed E-state index contributed by atoms with van der Waals surface area (Å²) in [5, 5.41) is 9.90. The van der Waals surface area contributed by atoms with E-state index in [1.165, 1.54) is 17.3 Å². The van der Waals surface area contributed by atoms with Crippen LogP contribution in [0.15, 0.2) is 29.3 Å². The molecule has 4 nitrogen and oxygen atoms in total. The first-order valence-corrected chi connectivity index (χ1v) is 8.48. The number of carbonyl (C=O) groups is 1. The molecule has 0 spiro atoms. The van der Waals surface area contributed by atoms with Crippen molar-refractivity contribution in [3.63, 3.8) is 0 Å². The summed E-state index contributed by atoms with van der Waals surface area (Å²) in [6, 6.07) is 8.44. The number of hydrogen-bond acceptors (Lipinski definition) is 4. The molecule has 0 amide bonds. The standard InChI is InChI=1S/C18H22N2O2S/c1-11-15(17(21)22)16(20-12(2)19-11)23-10-13-6-8-14(9-7-13)18(3,4)5/h6-9H,10H2,1-5H3,(H,21,22). The smallest absolute Gasteiger partial charge is 0.340 e. The number of carboxylic acid groups (broad SMARTS) is 1. The van der Waals surface area contributed by atoms with Gasteiger partial charge in [-0.2, -0.15) is 0 Å². The lowest BCUT2D eigenvalue weighted by molar-refractivity contribution is 0.0690. The molecule has 0 aliphatic carbocycles. The predicted octanol–water partition coefficient (Wildman–Crippen LogP) is 4.38. The van der Waals surface area contributed by atoms with Crippen LogP contribution >= 0.6 is 11.8 Å². The number of nitrogens with zero attached hydrogens (tertiary/aromatic N) is 2. The molecule has 0 atom stereocenters. The quantitative estimate of drug-likeness (QED) is 0.666. The monoisotopic (exact) mass is 330 g/mol. The van der Waals surface area contributed by atoms with Crippen LogP contribution in [0.1, 0.15) is 53.8 Å². The lowest BCUT2D eigenvalue weighted by Crippen LogP contribution is -2.10. The third kappa shape index (κ3) is 4.32. The fraction of sp³-hybridized carbons (Fsp3) is 0.389. The van der Waals surface area contributed by atoms with Gasteiger partial charge in [0.15, 0.2) is 0 Å². The van der Waals surface area contributed by atoms with Crippen LogP contribution in [0, 0.1) is 13.8 Å². The second kappa shape index (κ2) is 6.71. The van der Waals surface area contributed by atoms with Crippen LogP contribution in [0.25, 0.3) is 0 Å². The van der Waals surface area contributed by atoms with Crippen LogP contribution < -0.4 is 0 Å². The highest BCUT2D eigenvalue weighted by Gasteiger charge is 2.18. The molecule has 0 radical (unpaired) electrons. The first-order chi connectivity index (χ1) is 10.7. The molecule has 0 unspecified atom stereocenters. The molecule has 2 rings (SSSR count). The van der Waals surface area contributed by atoms with Gasteiger partial charge in [0.25, 0.3) is 0 Å². The highest BCUT2D eigenvalue weighted by molar-refractivity contribution is 7.98. The largest absolute Gasteiger partial charge is 0.478 e. The molecule has 0 aliphatic heterocycles. The van der Waals surface area contributed by atoms with Crippen LogP contribution in [-0.2, 0) is 11.2 Å². The lowest BCUT2D eigenvalue weighted by atomic mass is 9.87. The van der Waals surface area contributed by atoms with Gasteiger partial charge in [0.2, 0.25) is 0 Å². The minimum absolute atomic E-state index is 0.128. The summed E-state index contributed by atoms with van der Waals surface area (Å²) in [7, 11) is 0. The molecule has 0 fully saturated rings. The Bertz CT molecular complexity index is 719. The summed E-state index contributed by atoms with van der Waals surface area (Å²) < 4.78 is 0. The van der Waals surface area contributed by atoms with Gasteiger partial charge in [-0.15, -0.1) is 11.8 Å². The van der Waals surface area contributed by atoms with Crippen molar-refractivity contribution in [2.75, 3.05) is 0 Å². The minimum Gasteiger partial charge on any atom is -0.478 e. The van der Waals surface area contributed by atoms with Gasteiger partial charge < -0.3 is 5.11 Å². The molecule has 2 aromatic rings. The van der Waals surface area contributed by atoms with Crippen molar-refractivity contribution in [2.45, 2.75) is 50.8 Å². The molecule has 1 aromatic heterocycles. The number of thioether (sulfide) groups is 1. The number of rotatable bonds is 4. The fourth-order valence-corrected chi connectivity index (χ4v) is 3.36. The topological polar surface area (TPSA) is 63.1 Å². The van der Waals surface area contributed by atoms with Crippen molar-refractivity contribution >= 4 is 17.7 Å². The van der Waals surface area contributed by atoms with E-state index in [-0.39, 0.29) is 11.0 Å². The summed E-state index contributed by atoms with van der Waals surface area (Å²) in [5.41, 5.74) is 3.27. The summed E-state index contributed by atoms with van der Waals surface area (Å²) in [5.74, 6) is 0.298. The summed E-state index contributed by atoms with van der Waals surface area (Å²) in [6.07, 6.45) is 0. The maximum Gasteiger partial charge on any atom is 0.340 e. The molecular formula is C18H22N2O2S. The zero-order valence-corrected chi connectivity index (χ0v) is 15.0. The first-order valence-electron chi connectivity index (χ1n) is 7.49. The Hall–Kier alpha value is -1.88. The Balaban J connectivity index is 2.20. The van der Waals surface area contributed by atoms with E-state index < -0.39 is 5.97 Å². The first kappa shape index (κ1) is 17.5. The van der Waals surface area contributed by atoms with Gasteiger partial charge in [0.1, 0.15) is 16.4 Å². The maximum atomic E-state index is 11.4. The van der Waals surface area contributed by atoms with Crippen molar-refractivity contribution < 1.29 is 9.90 Å². The van der Waals surface area contributed by atoms with Crippen LogP contribution in [-0.4, -0.2) is 21.0 Å². The third-order valence-electron chi connectivity index (χ3n) is 3.58. The van der Waals surface area contributed by atoms with Gasteiger partial charge in [-0.3, -0.25) is 0 Å². The average Bonchev–Trinajstić information content (AvgIpc) is 2.43. The molecule has 0 saturated heterocycles. The van der Waals surface area contributed by atoms with Crippen molar-refractivity contribution in [3.05, 3.63) is 52.5 Å². The second-order valence-electron chi connectivity index (χ2n) is 6.58. The van der Waals surface area contributed by atoms with Gasteiger partial charge in [-0.25, -0.2) is 14.8 Å². The molecule has 1 N–H and O–H groups in total. The lowest BCUT2D eigenvalue weighted by Gasteiger charge is -2.19. The molecule has 0 bridgehead atoms. The van der Waals surface area contributed by atoms with E-state index in [1.54, 1.807) is 13.8 Å². The van der Waals surface area contributed by atoms with Crippen molar-refractivity contribution in [2.24, 2.45) is 0 Å². The Kier molecular flexibility index (Phi) is 5.09. The van der Waals surface area contributed by atoms with E-state index in [9.17, 15) is 9.90 Å². The fourth-order valence-electron chi connectivity index (χ4n) is 2.28. The number of benzene rings is 1. The van der Waals surface area contributed by atoms with Gasteiger partial charge >= 0.3 is 5.97 Å². The van der Waals surface area contributed by atoms with E-state index in [1.807, 2.05) is 0 Å². The Labute approximate surface area is 141 Å². The Morgan fingerprint density at radius 1 is 1.13 bits per heavy atom. The van der Waals surface area contributed by atoms with Gasteiger partial charge in [0, 0.05) is 5.75 Å². The number of aryl methyl sites for hydroxylation is 2. The Morgan fingerprint density at radius 3 is 2.26 bits per heavy atom. The van der Waals surface area contributed by atoms with E-state index in [0.29, 0.717) is 22.3 Å². The third-order valence-corrected chi connectivity index (χ3v) is 4.62. The van der Waals surface area contributed by atoms with Crippen LogP contribution in [0.3, 0.4) is 0 Å². The van der Waals surface area contributed by atoms with Crippen molar-refractivity contribution in [1.29, 1.82) is 0 Å².